The van der Waals surface area contributed by atoms with Gasteiger partial charge in [0.15, 0.2) is 0 Å². The van der Waals surface area contributed by atoms with Crippen LogP contribution in [0.3, 0.4) is 0 Å². The molecule has 0 spiro atoms. The van der Waals surface area contributed by atoms with E-state index in [0.717, 1.165) is 12.8 Å². The average Bonchev–Trinajstić information content (AvgIpc) is 2.36. The fourth-order valence-electron chi connectivity index (χ4n) is 3.00. The third-order valence-electron chi connectivity index (χ3n) is 4.78. The molecular weight excluding hydrogens is 234 g/mol. The van der Waals surface area contributed by atoms with Crippen molar-refractivity contribution in [3.05, 3.63) is 34.9 Å². The topological polar surface area (TPSA) is 21.3 Å². The molecule has 1 unspecified atom stereocenters. The first-order valence-electron chi connectivity index (χ1n) is 7.37. The Balaban J connectivity index is 2.00. The predicted octanol–water partition coefficient (Wildman–Crippen LogP) is 3.39. The predicted molar refractivity (Wildman–Crippen MR) is 80.7 cm³/mol. The lowest BCUT2D eigenvalue weighted by Gasteiger charge is -2.42. The number of ether oxygens (including phenoxy) is 1. The van der Waals surface area contributed by atoms with Gasteiger partial charge in [0.2, 0.25) is 0 Å². The quantitative estimate of drug-likeness (QED) is 0.847. The first-order chi connectivity index (χ1) is 9.08. The average molecular weight is 261 g/mol. The van der Waals surface area contributed by atoms with Crippen molar-refractivity contribution >= 4 is 0 Å². The molecule has 1 aliphatic carbocycles. The maximum atomic E-state index is 5.75. The molecule has 2 heteroatoms. The molecule has 1 saturated carbocycles. The van der Waals surface area contributed by atoms with Crippen LogP contribution in [0.25, 0.3) is 0 Å². The summed E-state index contributed by atoms with van der Waals surface area (Å²) in [5.74, 6) is 0. The van der Waals surface area contributed by atoms with Crippen molar-refractivity contribution in [2.75, 3.05) is 14.2 Å². The summed E-state index contributed by atoms with van der Waals surface area (Å²) in [4.78, 5) is 0. The Hall–Kier alpha value is -0.860. The maximum absolute atomic E-state index is 5.75. The van der Waals surface area contributed by atoms with Gasteiger partial charge >= 0.3 is 0 Å². The number of likely N-dealkylation sites (N-methyl/N-ethyl adjacent to an activating group) is 1. The molecule has 106 valence electrons. The second-order valence-electron chi connectivity index (χ2n) is 6.05. The molecule has 19 heavy (non-hydrogen) atoms. The highest BCUT2D eigenvalue weighted by Gasteiger charge is 2.38. The van der Waals surface area contributed by atoms with Crippen LogP contribution in [0.4, 0.5) is 0 Å². The molecule has 0 aliphatic heterocycles. The van der Waals surface area contributed by atoms with Crippen molar-refractivity contribution in [3.8, 4) is 0 Å². The second kappa shape index (κ2) is 6.06. The Morgan fingerprint density at radius 1 is 1.26 bits per heavy atom. The Morgan fingerprint density at radius 3 is 2.47 bits per heavy atom. The molecule has 0 amide bonds. The zero-order chi connectivity index (χ0) is 13.9. The van der Waals surface area contributed by atoms with E-state index in [1.807, 2.05) is 7.11 Å². The summed E-state index contributed by atoms with van der Waals surface area (Å²) in [6.45, 7) is 4.36. The third-order valence-corrected chi connectivity index (χ3v) is 4.78. The molecule has 0 aromatic heterocycles. The summed E-state index contributed by atoms with van der Waals surface area (Å²) in [5, 5.41) is 3.46. The van der Waals surface area contributed by atoms with E-state index in [1.165, 1.54) is 36.0 Å². The fraction of sp³-hybridized carbons (Fsp3) is 0.647. The van der Waals surface area contributed by atoms with Crippen molar-refractivity contribution < 1.29 is 4.74 Å². The molecule has 0 radical (unpaired) electrons. The van der Waals surface area contributed by atoms with Gasteiger partial charge < -0.3 is 10.1 Å². The Kier molecular flexibility index (Phi) is 4.64. The standard InChI is InChI=1S/C17H27NO/c1-13-6-7-15(10-14(13)2)11-16(18-3)12-17(19-4)8-5-9-17/h6-7,10,16,18H,5,8-9,11-12H2,1-4H3. The minimum atomic E-state index is 0.146. The van der Waals surface area contributed by atoms with Gasteiger partial charge in [-0.15, -0.1) is 0 Å². The Bertz CT molecular complexity index is 418. The van der Waals surface area contributed by atoms with Crippen molar-refractivity contribution in [3.63, 3.8) is 0 Å². The van der Waals surface area contributed by atoms with Gasteiger partial charge in [0, 0.05) is 13.2 Å². The number of rotatable bonds is 6. The first kappa shape index (κ1) is 14.5. The van der Waals surface area contributed by atoms with Gasteiger partial charge in [-0.1, -0.05) is 18.2 Å². The second-order valence-corrected chi connectivity index (χ2v) is 6.05. The van der Waals surface area contributed by atoms with Crippen LogP contribution >= 0.6 is 0 Å². The highest BCUT2D eigenvalue weighted by Crippen LogP contribution is 2.39. The summed E-state index contributed by atoms with van der Waals surface area (Å²) < 4.78 is 5.75. The van der Waals surface area contributed by atoms with Gasteiger partial charge in [0.05, 0.1) is 5.60 Å². The van der Waals surface area contributed by atoms with E-state index in [9.17, 15) is 0 Å². The molecule has 0 heterocycles. The van der Waals surface area contributed by atoms with Gasteiger partial charge in [0.25, 0.3) is 0 Å². The number of nitrogens with one attached hydrogen (secondary N) is 1. The van der Waals surface area contributed by atoms with Gasteiger partial charge in [-0.05, 0) is 69.7 Å². The van der Waals surface area contributed by atoms with E-state index in [1.54, 1.807) is 0 Å². The molecular formula is C17H27NO. The Labute approximate surface area is 117 Å². The lowest BCUT2D eigenvalue weighted by atomic mass is 9.75. The molecule has 0 saturated heterocycles. The van der Waals surface area contributed by atoms with Crippen molar-refractivity contribution in [2.45, 2.75) is 57.6 Å². The van der Waals surface area contributed by atoms with Crippen LogP contribution in [0.15, 0.2) is 18.2 Å². The van der Waals surface area contributed by atoms with E-state index < -0.39 is 0 Å². The minimum Gasteiger partial charge on any atom is -0.378 e. The third kappa shape index (κ3) is 3.37. The van der Waals surface area contributed by atoms with Gasteiger partial charge in [-0.2, -0.15) is 0 Å². The van der Waals surface area contributed by atoms with Crippen LogP contribution < -0.4 is 5.32 Å². The summed E-state index contributed by atoms with van der Waals surface area (Å²) in [5.41, 5.74) is 4.33. The van der Waals surface area contributed by atoms with E-state index in [0.29, 0.717) is 6.04 Å². The zero-order valence-electron chi connectivity index (χ0n) is 12.8. The summed E-state index contributed by atoms with van der Waals surface area (Å²) in [6.07, 6.45) is 5.95. The summed E-state index contributed by atoms with van der Waals surface area (Å²) >= 11 is 0. The molecule has 1 atom stereocenters. The van der Waals surface area contributed by atoms with E-state index in [2.05, 4.69) is 44.4 Å². The number of hydrogen-bond acceptors (Lipinski definition) is 2. The molecule has 1 aromatic carbocycles. The molecule has 2 rings (SSSR count). The van der Waals surface area contributed by atoms with Crippen LogP contribution in [0.5, 0.6) is 0 Å². The minimum absolute atomic E-state index is 0.146. The fourth-order valence-corrected chi connectivity index (χ4v) is 3.00. The number of benzene rings is 1. The van der Waals surface area contributed by atoms with Crippen LogP contribution in [0, 0.1) is 13.8 Å². The highest BCUT2D eigenvalue weighted by atomic mass is 16.5. The Morgan fingerprint density at radius 2 is 2.00 bits per heavy atom. The summed E-state index contributed by atoms with van der Waals surface area (Å²) in [6, 6.07) is 7.31. The van der Waals surface area contributed by atoms with Gasteiger partial charge in [0.1, 0.15) is 0 Å². The van der Waals surface area contributed by atoms with Crippen LogP contribution in [-0.4, -0.2) is 25.8 Å². The van der Waals surface area contributed by atoms with Crippen LogP contribution in [0.2, 0.25) is 0 Å². The number of methoxy groups -OCH3 is 1. The summed E-state index contributed by atoms with van der Waals surface area (Å²) in [7, 11) is 3.93. The SMILES string of the molecule is CNC(Cc1ccc(C)c(C)c1)CC1(OC)CCC1. The smallest absolute Gasteiger partial charge is 0.0693 e. The normalized spacial score (nSPS) is 18.9. The van der Waals surface area contributed by atoms with Crippen molar-refractivity contribution in [1.29, 1.82) is 0 Å². The van der Waals surface area contributed by atoms with Gasteiger partial charge in [-0.3, -0.25) is 0 Å². The molecule has 1 N–H and O–H groups in total. The molecule has 1 fully saturated rings. The maximum Gasteiger partial charge on any atom is 0.0693 e. The molecule has 1 aromatic rings. The van der Waals surface area contributed by atoms with E-state index in [-0.39, 0.29) is 5.60 Å². The lowest BCUT2D eigenvalue weighted by Crippen LogP contribution is -2.45. The highest BCUT2D eigenvalue weighted by molar-refractivity contribution is 5.30. The largest absolute Gasteiger partial charge is 0.378 e. The van der Waals surface area contributed by atoms with E-state index >= 15 is 0 Å². The van der Waals surface area contributed by atoms with Crippen molar-refractivity contribution in [1.82, 2.24) is 5.32 Å². The number of hydrogen-bond donors (Lipinski definition) is 1. The monoisotopic (exact) mass is 261 g/mol. The van der Waals surface area contributed by atoms with Crippen LogP contribution in [0.1, 0.15) is 42.4 Å². The zero-order valence-corrected chi connectivity index (χ0v) is 12.8. The van der Waals surface area contributed by atoms with Crippen LogP contribution in [-0.2, 0) is 11.2 Å². The first-order valence-corrected chi connectivity index (χ1v) is 7.37. The molecule has 1 aliphatic rings. The van der Waals surface area contributed by atoms with E-state index in [4.69, 9.17) is 4.74 Å². The molecule has 2 nitrogen and oxygen atoms in total. The van der Waals surface area contributed by atoms with Crippen molar-refractivity contribution in [2.24, 2.45) is 0 Å². The lowest BCUT2D eigenvalue weighted by molar-refractivity contribution is -0.0830. The van der Waals surface area contributed by atoms with Gasteiger partial charge in [-0.25, -0.2) is 0 Å². The molecule has 0 bridgehead atoms. The number of aryl methyl sites for hydroxylation is 2.